The predicted octanol–water partition coefficient (Wildman–Crippen LogP) is 4.01. The van der Waals surface area contributed by atoms with Crippen molar-refractivity contribution in [1.82, 2.24) is 20.2 Å². The number of rotatable bonds is 6. The van der Waals surface area contributed by atoms with Crippen LogP contribution in [0.25, 0.3) is 33.6 Å². The van der Waals surface area contributed by atoms with E-state index in [4.69, 9.17) is 4.42 Å². The van der Waals surface area contributed by atoms with E-state index in [-0.39, 0.29) is 0 Å². The van der Waals surface area contributed by atoms with Crippen LogP contribution in [-0.4, -0.2) is 53.1 Å². The number of furan rings is 1. The van der Waals surface area contributed by atoms with Crippen LogP contribution in [0.1, 0.15) is 6.42 Å². The van der Waals surface area contributed by atoms with Gasteiger partial charge in [-0.1, -0.05) is 60.7 Å². The summed E-state index contributed by atoms with van der Waals surface area (Å²) >= 11 is 0. The van der Waals surface area contributed by atoms with Crippen LogP contribution in [0, 0.1) is 0 Å². The standard InChI is InChI=1S/C25H25N5O/c1-3-7-17(8-4-1)21-22-24(26-11-12-30-15-19-13-20(30)14-27-19)28-16-29-25(22)31-23(21)18-9-5-2-6-10-18/h1-10,16,19-20,27H,11-15H2,(H,26,28,29). The number of nitrogens with one attached hydrogen (secondary N) is 2. The van der Waals surface area contributed by atoms with Crippen LogP contribution in [0.4, 0.5) is 5.82 Å². The second-order valence-corrected chi connectivity index (χ2v) is 8.36. The highest BCUT2D eigenvalue weighted by Gasteiger charge is 2.36. The normalized spacial score (nSPS) is 20.5. The maximum Gasteiger partial charge on any atom is 0.232 e. The van der Waals surface area contributed by atoms with Crippen LogP contribution < -0.4 is 10.6 Å². The molecule has 2 aromatic carbocycles. The molecule has 156 valence electrons. The zero-order chi connectivity index (χ0) is 20.6. The Kier molecular flexibility index (Phi) is 4.66. The summed E-state index contributed by atoms with van der Waals surface area (Å²) < 4.78 is 6.29. The number of fused-ring (bicyclic) bond motifs is 3. The number of hydrogen-bond acceptors (Lipinski definition) is 6. The molecular formula is C25H25N5O. The molecule has 2 aromatic heterocycles. The van der Waals surface area contributed by atoms with Gasteiger partial charge in [-0.25, -0.2) is 9.97 Å². The van der Waals surface area contributed by atoms with Crippen molar-refractivity contribution in [2.45, 2.75) is 18.5 Å². The fourth-order valence-electron chi connectivity index (χ4n) is 4.98. The van der Waals surface area contributed by atoms with E-state index in [9.17, 15) is 0 Å². The summed E-state index contributed by atoms with van der Waals surface area (Å²) in [6, 6.07) is 21.9. The first-order valence-corrected chi connectivity index (χ1v) is 11.0. The zero-order valence-electron chi connectivity index (χ0n) is 17.3. The average molecular weight is 412 g/mol. The number of anilines is 1. The second-order valence-electron chi connectivity index (χ2n) is 8.36. The first-order valence-electron chi connectivity index (χ1n) is 11.0. The lowest BCUT2D eigenvalue weighted by molar-refractivity contribution is 0.234. The van der Waals surface area contributed by atoms with Crippen molar-refractivity contribution < 1.29 is 4.42 Å². The molecule has 0 radical (unpaired) electrons. The molecule has 0 saturated carbocycles. The summed E-state index contributed by atoms with van der Waals surface area (Å²) in [5, 5.41) is 8.08. The van der Waals surface area contributed by atoms with E-state index in [2.05, 4.69) is 61.9 Å². The lowest BCUT2D eigenvalue weighted by Crippen LogP contribution is -2.45. The van der Waals surface area contributed by atoms with Gasteiger partial charge in [0, 0.05) is 49.4 Å². The van der Waals surface area contributed by atoms with Gasteiger partial charge in [-0.15, -0.1) is 0 Å². The molecule has 2 aliphatic rings. The Morgan fingerprint density at radius 3 is 2.48 bits per heavy atom. The Morgan fingerprint density at radius 1 is 1.00 bits per heavy atom. The van der Waals surface area contributed by atoms with E-state index in [1.165, 1.54) is 6.42 Å². The average Bonchev–Trinajstić information content (AvgIpc) is 3.55. The molecule has 4 aromatic rings. The number of hydrogen-bond donors (Lipinski definition) is 2. The Balaban J connectivity index is 1.37. The maximum absolute atomic E-state index is 6.29. The molecule has 2 atom stereocenters. The maximum atomic E-state index is 6.29. The van der Waals surface area contributed by atoms with Crippen LogP contribution in [0.3, 0.4) is 0 Å². The smallest absolute Gasteiger partial charge is 0.232 e. The number of nitrogens with zero attached hydrogens (tertiary/aromatic N) is 3. The SMILES string of the molecule is c1ccc(-c2oc3ncnc(NCCN4CC5CC4CN5)c3c2-c2ccccc2)cc1. The monoisotopic (exact) mass is 411 g/mol. The molecule has 4 heterocycles. The third-order valence-corrected chi connectivity index (χ3v) is 6.45. The third-order valence-electron chi connectivity index (χ3n) is 6.45. The molecule has 0 amide bonds. The number of piperazine rings is 1. The quantitative estimate of drug-likeness (QED) is 0.500. The van der Waals surface area contributed by atoms with Gasteiger partial charge >= 0.3 is 0 Å². The number of aromatic nitrogens is 2. The summed E-state index contributed by atoms with van der Waals surface area (Å²) in [5.41, 5.74) is 3.78. The minimum absolute atomic E-state index is 0.611. The van der Waals surface area contributed by atoms with Gasteiger partial charge in [-0.05, 0) is 12.0 Å². The van der Waals surface area contributed by atoms with E-state index in [1.54, 1.807) is 6.33 Å². The highest BCUT2D eigenvalue weighted by Crippen LogP contribution is 2.42. The van der Waals surface area contributed by atoms with Crippen molar-refractivity contribution >= 4 is 16.9 Å². The van der Waals surface area contributed by atoms with Gasteiger partial charge in [0.25, 0.3) is 0 Å². The van der Waals surface area contributed by atoms with E-state index in [0.29, 0.717) is 17.8 Å². The van der Waals surface area contributed by atoms with Gasteiger partial charge in [-0.2, -0.15) is 0 Å². The van der Waals surface area contributed by atoms with Gasteiger partial charge in [0.05, 0.1) is 5.39 Å². The fourth-order valence-corrected chi connectivity index (χ4v) is 4.98. The molecular weight excluding hydrogens is 386 g/mol. The van der Waals surface area contributed by atoms with Gasteiger partial charge in [0.1, 0.15) is 17.9 Å². The number of benzene rings is 2. The van der Waals surface area contributed by atoms with Gasteiger partial charge in [-0.3, -0.25) is 4.90 Å². The zero-order valence-corrected chi connectivity index (χ0v) is 17.3. The Bertz CT molecular complexity index is 1190. The van der Waals surface area contributed by atoms with Gasteiger partial charge < -0.3 is 15.1 Å². The van der Waals surface area contributed by atoms with Crippen LogP contribution in [0.15, 0.2) is 71.4 Å². The minimum atomic E-state index is 0.611. The molecule has 2 aliphatic heterocycles. The van der Waals surface area contributed by atoms with E-state index >= 15 is 0 Å². The first kappa shape index (κ1) is 18.5. The lowest BCUT2D eigenvalue weighted by atomic mass is 9.99. The summed E-state index contributed by atoms with van der Waals surface area (Å²) in [7, 11) is 0. The molecule has 2 unspecified atom stereocenters. The van der Waals surface area contributed by atoms with Crippen molar-refractivity contribution in [3.8, 4) is 22.5 Å². The van der Waals surface area contributed by atoms with E-state index in [1.807, 2.05) is 24.3 Å². The largest absolute Gasteiger partial charge is 0.437 e. The molecule has 6 nitrogen and oxygen atoms in total. The third kappa shape index (κ3) is 3.38. The van der Waals surface area contributed by atoms with Crippen LogP contribution in [-0.2, 0) is 0 Å². The van der Waals surface area contributed by atoms with E-state index < -0.39 is 0 Å². The van der Waals surface area contributed by atoms with Crippen LogP contribution in [0.2, 0.25) is 0 Å². The highest BCUT2D eigenvalue weighted by molar-refractivity contribution is 6.05. The molecule has 2 bridgehead atoms. The number of likely N-dealkylation sites (tertiary alicyclic amines) is 1. The van der Waals surface area contributed by atoms with Gasteiger partial charge in [0.15, 0.2) is 0 Å². The molecule has 2 N–H and O–H groups in total. The molecule has 2 fully saturated rings. The highest BCUT2D eigenvalue weighted by atomic mass is 16.3. The Morgan fingerprint density at radius 2 is 1.77 bits per heavy atom. The van der Waals surface area contributed by atoms with E-state index in [0.717, 1.165) is 59.8 Å². The van der Waals surface area contributed by atoms with Crippen LogP contribution >= 0.6 is 0 Å². The molecule has 2 saturated heterocycles. The van der Waals surface area contributed by atoms with Gasteiger partial charge in [0.2, 0.25) is 5.71 Å². The summed E-state index contributed by atoms with van der Waals surface area (Å²) in [6.45, 7) is 4.11. The molecule has 0 aliphatic carbocycles. The topological polar surface area (TPSA) is 66.2 Å². The lowest BCUT2D eigenvalue weighted by Gasteiger charge is -2.27. The first-order chi connectivity index (χ1) is 15.4. The van der Waals surface area contributed by atoms with Crippen molar-refractivity contribution in [2.75, 3.05) is 31.5 Å². The van der Waals surface area contributed by atoms with Crippen molar-refractivity contribution in [3.05, 3.63) is 67.0 Å². The summed E-state index contributed by atoms with van der Waals surface area (Å²) in [5.74, 6) is 1.66. The van der Waals surface area contributed by atoms with Crippen molar-refractivity contribution in [3.63, 3.8) is 0 Å². The molecule has 31 heavy (non-hydrogen) atoms. The minimum Gasteiger partial charge on any atom is -0.437 e. The summed E-state index contributed by atoms with van der Waals surface area (Å²) in [4.78, 5) is 11.6. The summed E-state index contributed by atoms with van der Waals surface area (Å²) in [6.07, 6.45) is 2.86. The second kappa shape index (κ2) is 7.80. The Hall–Kier alpha value is -3.22. The fraction of sp³-hybridized carbons (Fsp3) is 0.280. The molecule has 6 rings (SSSR count). The predicted molar refractivity (Wildman–Crippen MR) is 123 cm³/mol. The molecule has 0 spiro atoms. The van der Waals surface area contributed by atoms with Crippen molar-refractivity contribution in [2.24, 2.45) is 0 Å². The molecule has 6 heteroatoms. The van der Waals surface area contributed by atoms with Crippen LogP contribution in [0.5, 0.6) is 0 Å². The Labute approximate surface area is 181 Å². The van der Waals surface area contributed by atoms with Crippen molar-refractivity contribution in [1.29, 1.82) is 0 Å².